The number of carbonyl (C=O) groups is 1. The molecule has 0 atom stereocenters. The van der Waals surface area contributed by atoms with Crippen LogP contribution in [-0.2, 0) is 12.7 Å². The molecule has 4 rings (SSSR count). The summed E-state index contributed by atoms with van der Waals surface area (Å²) in [5.41, 5.74) is -0.440. The number of rotatable bonds is 5. The summed E-state index contributed by atoms with van der Waals surface area (Å²) >= 11 is 0. The SMILES string of the molecule is COc1cc(OC)cc(C2(F)CCN(C(=O)c3ccc(=O)n(-c4cnn(C)c4)c3)CC2)c1. The smallest absolute Gasteiger partial charge is 0.255 e. The molecular formula is C23H25FN4O4. The lowest BCUT2D eigenvalue weighted by Crippen LogP contribution is -2.43. The quantitative estimate of drug-likeness (QED) is 0.610. The van der Waals surface area contributed by atoms with E-state index in [9.17, 15) is 9.59 Å². The van der Waals surface area contributed by atoms with Crippen LogP contribution in [-0.4, -0.2) is 52.5 Å². The summed E-state index contributed by atoms with van der Waals surface area (Å²) in [6.45, 7) is 0.502. The van der Waals surface area contributed by atoms with Gasteiger partial charge in [-0.3, -0.25) is 18.8 Å². The number of halogens is 1. The van der Waals surface area contributed by atoms with Crippen molar-refractivity contribution in [3.8, 4) is 17.2 Å². The molecule has 0 radical (unpaired) electrons. The predicted octanol–water partition coefficient (Wildman–Crippen LogP) is 2.69. The number of hydrogen-bond donors (Lipinski definition) is 0. The maximum absolute atomic E-state index is 15.8. The van der Waals surface area contributed by atoms with E-state index in [4.69, 9.17) is 9.47 Å². The number of ether oxygens (including phenoxy) is 2. The van der Waals surface area contributed by atoms with Crippen molar-refractivity contribution >= 4 is 5.91 Å². The minimum absolute atomic E-state index is 0.150. The monoisotopic (exact) mass is 440 g/mol. The molecule has 168 valence electrons. The van der Waals surface area contributed by atoms with Gasteiger partial charge in [0, 0.05) is 57.5 Å². The Morgan fingerprint density at radius 2 is 1.72 bits per heavy atom. The van der Waals surface area contributed by atoms with Crippen molar-refractivity contribution in [2.75, 3.05) is 27.3 Å². The van der Waals surface area contributed by atoms with E-state index in [0.717, 1.165) is 0 Å². The molecule has 1 aliphatic rings. The van der Waals surface area contributed by atoms with E-state index in [1.165, 1.54) is 37.1 Å². The van der Waals surface area contributed by atoms with Crippen molar-refractivity contribution in [1.82, 2.24) is 19.2 Å². The molecule has 2 aromatic heterocycles. The molecule has 1 saturated heterocycles. The van der Waals surface area contributed by atoms with E-state index < -0.39 is 5.67 Å². The fourth-order valence-corrected chi connectivity index (χ4v) is 3.95. The van der Waals surface area contributed by atoms with E-state index in [2.05, 4.69) is 5.10 Å². The molecule has 1 amide bonds. The minimum atomic E-state index is -1.59. The molecule has 1 aromatic carbocycles. The normalized spacial score (nSPS) is 15.4. The van der Waals surface area contributed by atoms with Gasteiger partial charge < -0.3 is 14.4 Å². The highest BCUT2D eigenvalue weighted by atomic mass is 19.1. The van der Waals surface area contributed by atoms with Gasteiger partial charge in [-0.25, -0.2) is 4.39 Å². The molecule has 3 aromatic rings. The van der Waals surface area contributed by atoms with Gasteiger partial charge in [0.25, 0.3) is 11.5 Å². The zero-order valence-corrected chi connectivity index (χ0v) is 18.2. The van der Waals surface area contributed by atoms with Crippen LogP contribution in [0.25, 0.3) is 5.69 Å². The van der Waals surface area contributed by atoms with E-state index in [-0.39, 0.29) is 37.4 Å². The summed E-state index contributed by atoms with van der Waals surface area (Å²) in [7, 11) is 4.80. The first-order valence-corrected chi connectivity index (χ1v) is 10.3. The van der Waals surface area contributed by atoms with Gasteiger partial charge in [-0.15, -0.1) is 0 Å². The molecule has 0 unspecified atom stereocenters. The lowest BCUT2D eigenvalue weighted by Gasteiger charge is -2.37. The van der Waals surface area contributed by atoms with Crippen molar-refractivity contribution < 1.29 is 18.7 Å². The van der Waals surface area contributed by atoms with Crippen LogP contribution < -0.4 is 15.0 Å². The standard InChI is InChI=1S/C23H25FN4O4/c1-26-15-18(13-25-26)28-14-16(4-5-21(28)29)22(30)27-8-6-23(24,7-9-27)17-10-19(31-2)12-20(11-17)32-3/h4-5,10-15H,6-9H2,1-3H3. The fraction of sp³-hybridized carbons (Fsp3) is 0.348. The number of benzene rings is 1. The predicted molar refractivity (Wildman–Crippen MR) is 116 cm³/mol. The van der Waals surface area contributed by atoms with Crippen molar-refractivity contribution in [1.29, 1.82) is 0 Å². The number of aromatic nitrogens is 3. The number of aryl methyl sites for hydroxylation is 1. The lowest BCUT2D eigenvalue weighted by molar-refractivity contribution is 0.0419. The van der Waals surface area contributed by atoms with Gasteiger partial charge in [0.2, 0.25) is 0 Å². The third-order valence-corrected chi connectivity index (χ3v) is 5.84. The Bertz CT molecular complexity index is 1170. The Morgan fingerprint density at radius 3 is 2.28 bits per heavy atom. The summed E-state index contributed by atoms with van der Waals surface area (Å²) < 4.78 is 29.3. The van der Waals surface area contributed by atoms with Crippen molar-refractivity contribution in [2.24, 2.45) is 7.05 Å². The zero-order valence-electron chi connectivity index (χ0n) is 18.2. The summed E-state index contributed by atoms with van der Waals surface area (Å²) in [4.78, 5) is 26.9. The minimum Gasteiger partial charge on any atom is -0.497 e. The van der Waals surface area contributed by atoms with Gasteiger partial charge in [0.1, 0.15) is 17.2 Å². The second-order valence-electron chi connectivity index (χ2n) is 7.86. The molecule has 9 heteroatoms. The Hall–Kier alpha value is -3.62. The number of pyridine rings is 1. The number of alkyl halides is 1. The van der Waals surface area contributed by atoms with Gasteiger partial charge in [-0.2, -0.15) is 5.10 Å². The fourth-order valence-electron chi connectivity index (χ4n) is 3.95. The van der Waals surface area contributed by atoms with Gasteiger partial charge in [-0.05, 0) is 23.8 Å². The van der Waals surface area contributed by atoms with Crippen LogP contribution in [0.5, 0.6) is 11.5 Å². The highest BCUT2D eigenvalue weighted by molar-refractivity contribution is 5.94. The Kier molecular flexibility index (Phi) is 5.73. The van der Waals surface area contributed by atoms with Gasteiger partial charge in [0.05, 0.1) is 31.7 Å². The first-order chi connectivity index (χ1) is 15.3. The molecule has 0 aliphatic carbocycles. The molecule has 0 N–H and O–H groups in total. The molecule has 1 aliphatic heterocycles. The van der Waals surface area contributed by atoms with Gasteiger partial charge in [-0.1, -0.05) is 0 Å². The highest BCUT2D eigenvalue weighted by Gasteiger charge is 2.38. The molecule has 0 saturated carbocycles. The first-order valence-electron chi connectivity index (χ1n) is 10.3. The maximum atomic E-state index is 15.8. The van der Waals surface area contributed by atoms with E-state index >= 15 is 4.39 Å². The van der Waals surface area contributed by atoms with Crippen LogP contribution in [0.1, 0.15) is 28.8 Å². The van der Waals surface area contributed by atoms with Crippen LogP contribution in [0.15, 0.2) is 53.7 Å². The van der Waals surface area contributed by atoms with E-state index in [1.807, 2.05) is 0 Å². The second-order valence-corrected chi connectivity index (χ2v) is 7.86. The molecule has 0 bridgehead atoms. The topological polar surface area (TPSA) is 78.6 Å². The molecule has 3 heterocycles. The Balaban J connectivity index is 1.52. The molecule has 32 heavy (non-hydrogen) atoms. The number of nitrogens with zero attached hydrogens (tertiary/aromatic N) is 4. The molecule has 8 nitrogen and oxygen atoms in total. The number of hydrogen-bond acceptors (Lipinski definition) is 5. The van der Waals surface area contributed by atoms with E-state index in [1.54, 1.807) is 47.2 Å². The summed E-state index contributed by atoms with van der Waals surface area (Å²) in [6, 6.07) is 7.89. The van der Waals surface area contributed by atoms with Crippen molar-refractivity contribution in [3.63, 3.8) is 0 Å². The highest BCUT2D eigenvalue weighted by Crippen LogP contribution is 2.40. The van der Waals surface area contributed by atoms with Crippen LogP contribution in [0.3, 0.4) is 0 Å². The third-order valence-electron chi connectivity index (χ3n) is 5.84. The molecule has 1 fully saturated rings. The zero-order chi connectivity index (χ0) is 22.9. The van der Waals surface area contributed by atoms with Crippen LogP contribution in [0.4, 0.5) is 4.39 Å². The van der Waals surface area contributed by atoms with Gasteiger partial charge in [0.15, 0.2) is 0 Å². The largest absolute Gasteiger partial charge is 0.497 e. The van der Waals surface area contributed by atoms with Crippen LogP contribution in [0.2, 0.25) is 0 Å². The average molecular weight is 440 g/mol. The number of amides is 1. The summed E-state index contributed by atoms with van der Waals surface area (Å²) in [5.74, 6) is 0.799. The number of likely N-dealkylation sites (tertiary alicyclic amines) is 1. The number of carbonyl (C=O) groups excluding carboxylic acids is 1. The van der Waals surface area contributed by atoms with Crippen molar-refractivity contribution in [2.45, 2.75) is 18.5 Å². The van der Waals surface area contributed by atoms with Crippen molar-refractivity contribution in [3.05, 3.63) is 70.4 Å². The Morgan fingerprint density at radius 1 is 1.06 bits per heavy atom. The number of piperidine rings is 1. The van der Waals surface area contributed by atoms with E-state index in [0.29, 0.717) is 28.3 Å². The number of methoxy groups -OCH3 is 2. The molecular weight excluding hydrogens is 415 g/mol. The first kappa shape index (κ1) is 21.6. The lowest BCUT2D eigenvalue weighted by atomic mass is 9.85. The van der Waals surface area contributed by atoms with Gasteiger partial charge >= 0.3 is 0 Å². The summed E-state index contributed by atoms with van der Waals surface area (Å²) in [5, 5.41) is 4.07. The second kappa shape index (κ2) is 8.49. The Labute approximate surface area is 184 Å². The molecule has 0 spiro atoms. The maximum Gasteiger partial charge on any atom is 0.255 e. The summed E-state index contributed by atoms with van der Waals surface area (Å²) in [6.07, 6.45) is 5.05. The third kappa shape index (κ3) is 4.10. The van der Waals surface area contributed by atoms with Crippen LogP contribution >= 0.6 is 0 Å². The average Bonchev–Trinajstić information content (AvgIpc) is 3.25. The van der Waals surface area contributed by atoms with Crippen LogP contribution in [0, 0.1) is 0 Å².